The van der Waals surface area contributed by atoms with Crippen molar-refractivity contribution >= 4 is 21.6 Å². The van der Waals surface area contributed by atoms with Crippen LogP contribution in [0.2, 0.25) is 0 Å². The smallest absolute Gasteiger partial charge is 0.338 e. The van der Waals surface area contributed by atoms with Gasteiger partial charge in [0, 0.05) is 36.9 Å². The van der Waals surface area contributed by atoms with E-state index in [1.807, 2.05) is 13.0 Å². The molecule has 10 heteroatoms. The normalized spacial score (nSPS) is 20.9. The van der Waals surface area contributed by atoms with Crippen LogP contribution < -0.4 is 4.90 Å². The summed E-state index contributed by atoms with van der Waals surface area (Å²) in [5, 5.41) is 18.8. The fourth-order valence-electron chi connectivity index (χ4n) is 5.20. The van der Waals surface area contributed by atoms with Gasteiger partial charge in [-0.1, -0.05) is 6.07 Å². The molecule has 0 saturated carbocycles. The summed E-state index contributed by atoms with van der Waals surface area (Å²) in [5.41, 5.74) is 3.53. The van der Waals surface area contributed by atoms with Crippen LogP contribution in [0.3, 0.4) is 0 Å². The molecule has 9 nitrogen and oxygen atoms in total. The summed E-state index contributed by atoms with van der Waals surface area (Å²) in [7, 11) is -3.34. The molecule has 1 N–H and O–H groups in total. The molecular formula is C23H28N4O5S. The Kier molecular flexibility index (Phi) is 5.42. The monoisotopic (exact) mass is 472 g/mol. The van der Waals surface area contributed by atoms with Gasteiger partial charge in [-0.05, 0) is 62.2 Å². The Hall–Kier alpha value is -2.56. The minimum atomic E-state index is -3.34. The number of benzene rings is 1. The van der Waals surface area contributed by atoms with Gasteiger partial charge in [0.05, 0.1) is 11.7 Å². The molecule has 1 aromatic heterocycles. The van der Waals surface area contributed by atoms with Gasteiger partial charge >= 0.3 is 5.97 Å². The molecule has 4 heterocycles. The van der Waals surface area contributed by atoms with Gasteiger partial charge in [0.25, 0.3) is 0 Å². The zero-order valence-electron chi connectivity index (χ0n) is 18.8. The first-order valence-corrected chi connectivity index (χ1v) is 13.0. The third-order valence-electron chi connectivity index (χ3n) is 7.30. The maximum Gasteiger partial charge on any atom is 0.338 e. The number of fused-ring (bicyclic) bond motifs is 1. The second-order valence-corrected chi connectivity index (χ2v) is 11.5. The van der Waals surface area contributed by atoms with E-state index in [0.29, 0.717) is 17.9 Å². The van der Waals surface area contributed by atoms with Crippen LogP contribution in [0, 0.1) is 12.3 Å². The summed E-state index contributed by atoms with van der Waals surface area (Å²) in [6.07, 6.45) is 2.59. The quantitative estimate of drug-likeness (QED) is 0.647. The average molecular weight is 473 g/mol. The molecule has 3 aliphatic rings. The zero-order valence-corrected chi connectivity index (χ0v) is 19.6. The number of carbonyl (C=O) groups is 1. The Morgan fingerprint density at radius 2 is 1.88 bits per heavy atom. The van der Waals surface area contributed by atoms with Gasteiger partial charge in [0.1, 0.15) is 6.61 Å². The number of anilines is 1. The molecule has 5 rings (SSSR count). The molecule has 2 aromatic rings. The minimum Gasteiger partial charge on any atom is -0.457 e. The highest BCUT2D eigenvalue weighted by Gasteiger charge is 2.45. The van der Waals surface area contributed by atoms with Crippen LogP contribution in [0.1, 0.15) is 46.0 Å². The summed E-state index contributed by atoms with van der Waals surface area (Å²) in [6, 6.07) is 6.83. The molecule has 1 unspecified atom stereocenters. The van der Waals surface area contributed by atoms with E-state index in [4.69, 9.17) is 4.74 Å². The van der Waals surface area contributed by atoms with Gasteiger partial charge < -0.3 is 19.6 Å². The number of aliphatic hydroxyl groups excluding tert-OH is 1. The lowest BCUT2D eigenvalue weighted by Gasteiger charge is -2.54. The number of piperidine rings is 1. The van der Waals surface area contributed by atoms with Crippen molar-refractivity contribution in [3.8, 4) is 0 Å². The molecule has 2 fully saturated rings. The molecule has 33 heavy (non-hydrogen) atoms. The van der Waals surface area contributed by atoms with Crippen molar-refractivity contribution in [2.24, 2.45) is 5.41 Å². The molecule has 2 saturated heterocycles. The van der Waals surface area contributed by atoms with Gasteiger partial charge in [0.2, 0.25) is 0 Å². The standard InChI is InChI=1S/C23H28N4O5S/c1-15-16(3-4-17-18(15)12-32-22(17)29)19(28)11-26-9-7-23(8-10-26)13-27(14-23)20-5-6-21(25-24-20)33(2,30)31/h3-6,19,28H,7-14H2,1-2H3. The number of likely N-dealkylation sites (tertiary alicyclic amines) is 1. The number of cyclic esters (lactones) is 1. The number of ether oxygens (including phenoxy) is 1. The predicted octanol–water partition coefficient (Wildman–Crippen LogP) is 1.49. The summed E-state index contributed by atoms with van der Waals surface area (Å²) in [4.78, 5) is 16.2. The number of sulfone groups is 1. The minimum absolute atomic E-state index is 0.00825. The van der Waals surface area contributed by atoms with Crippen LogP contribution in [0.4, 0.5) is 5.82 Å². The van der Waals surface area contributed by atoms with Crippen molar-refractivity contribution in [2.45, 2.75) is 37.5 Å². The zero-order chi connectivity index (χ0) is 23.4. The third-order valence-corrected chi connectivity index (χ3v) is 8.27. The van der Waals surface area contributed by atoms with E-state index in [1.54, 1.807) is 12.1 Å². The number of nitrogens with zero attached hydrogens (tertiary/aromatic N) is 4. The van der Waals surface area contributed by atoms with E-state index in [1.165, 1.54) is 6.07 Å². The first-order valence-electron chi connectivity index (χ1n) is 11.1. The van der Waals surface area contributed by atoms with Gasteiger partial charge in [-0.3, -0.25) is 0 Å². The number of carbonyl (C=O) groups excluding carboxylic acids is 1. The van der Waals surface area contributed by atoms with Crippen LogP contribution in [0.15, 0.2) is 29.3 Å². The second-order valence-electron chi connectivity index (χ2n) is 9.56. The maximum atomic E-state index is 11.8. The van der Waals surface area contributed by atoms with E-state index in [2.05, 4.69) is 20.0 Å². The highest BCUT2D eigenvalue weighted by molar-refractivity contribution is 7.90. The number of hydrogen-bond acceptors (Lipinski definition) is 9. The topological polar surface area (TPSA) is 113 Å². The first kappa shape index (κ1) is 22.2. The molecule has 1 spiro atoms. The van der Waals surface area contributed by atoms with Crippen molar-refractivity contribution < 1.29 is 23.1 Å². The number of rotatable bonds is 5. The number of hydrogen-bond donors (Lipinski definition) is 1. The molecule has 0 aliphatic carbocycles. The van der Waals surface area contributed by atoms with Gasteiger partial charge in [0.15, 0.2) is 20.7 Å². The lowest BCUT2D eigenvalue weighted by atomic mass is 9.72. The van der Waals surface area contributed by atoms with Crippen molar-refractivity contribution in [3.63, 3.8) is 0 Å². The highest BCUT2D eigenvalue weighted by Crippen LogP contribution is 2.42. The van der Waals surface area contributed by atoms with Crippen molar-refractivity contribution in [3.05, 3.63) is 46.5 Å². The summed E-state index contributed by atoms with van der Waals surface area (Å²) in [5.74, 6) is 0.419. The van der Waals surface area contributed by atoms with Crippen LogP contribution >= 0.6 is 0 Å². The largest absolute Gasteiger partial charge is 0.457 e. The van der Waals surface area contributed by atoms with E-state index in [-0.39, 0.29) is 23.0 Å². The molecular weight excluding hydrogens is 444 g/mol. The molecule has 176 valence electrons. The van der Waals surface area contributed by atoms with Crippen LogP contribution in [0.25, 0.3) is 0 Å². The molecule has 0 bridgehead atoms. The van der Waals surface area contributed by atoms with Crippen LogP contribution in [0.5, 0.6) is 0 Å². The van der Waals surface area contributed by atoms with Crippen LogP contribution in [-0.4, -0.2) is 73.6 Å². The predicted molar refractivity (Wildman–Crippen MR) is 121 cm³/mol. The number of aliphatic hydroxyl groups is 1. The number of β-amino-alcohol motifs (C(OH)–C–C–N with tert-alkyl or cyclic N) is 1. The maximum absolute atomic E-state index is 11.8. The lowest BCUT2D eigenvalue weighted by Crippen LogP contribution is -2.61. The van der Waals surface area contributed by atoms with Crippen molar-refractivity contribution in [1.29, 1.82) is 0 Å². The second kappa shape index (κ2) is 8.03. The average Bonchev–Trinajstić information content (AvgIpc) is 3.14. The molecule has 0 radical (unpaired) electrons. The number of esters is 1. The Bertz CT molecular complexity index is 1180. The van der Waals surface area contributed by atoms with Crippen molar-refractivity contribution in [2.75, 3.05) is 43.9 Å². The molecule has 3 aliphatic heterocycles. The summed E-state index contributed by atoms with van der Waals surface area (Å²) < 4.78 is 28.2. The fourth-order valence-corrected chi connectivity index (χ4v) is 5.71. The molecule has 0 amide bonds. The third kappa shape index (κ3) is 4.11. The Morgan fingerprint density at radius 3 is 2.52 bits per heavy atom. The highest BCUT2D eigenvalue weighted by atomic mass is 32.2. The Morgan fingerprint density at radius 1 is 1.15 bits per heavy atom. The van der Waals surface area contributed by atoms with Gasteiger partial charge in [-0.15, -0.1) is 10.2 Å². The molecule has 1 aromatic carbocycles. The van der Waals surface area contributed by atoms with E-state index in [0.717, 1.165) is 62.0 Å². The first-order chi connectivity index (χ1) is 15.7. The van der Waals surface area contributed by atoms with E-state index >= 15 is 0 Å². The lowest BCUT2D eigenvalue weighted by molar-refractivity contribution is 0.0423. The Labute approximate surface area is 193 Å². The van der Waals surface area contributed by atoms with E-state index < -0.39 is 15.9 Å². The molecule has 1 atom stereocenters. The van der Waals surface area contributed by atoms with Crippen LogP contribution in [-0.2, 0) is 21.2 Å². The number of aromatic nitrogens is 2. The summed E-state index contributed by atoms with van der Waals surface area (Å²) >= 11 is 0. The summed E-state index contributed by atoms with van der Waals surface area (Å²) in [6.45, 7) is 6.38. The van der Waals surface area contributed by atoms with E-state index in [9.17, 15) is 18.3 Å². The fraction of sp³-hybridized carbons (Fsp3) is 0.522. The Balaban J connectivity index is 1.15. The van der Waals surface area contributed by atoms with Crippen molar-refractivity contribution in [1.82, 2.24) is 15.1 Å². The van der Waals surface area contributed by atoms with Gasteiger partial charge in [-0.25, -0.2) is 13.2 Å². The SMILES string of the molecule is Cc1c(C(O)CN2CCC3(CC2)CN(c2ccc(S(C)(=O)=O)nn2)C3)ccc2c1COC2=O. The van der Waals surface area contributed by atoms with Gasteiger partial charge in [-0.2, -0.15) is 0 Å².